The minimum absolute atomic E-state index is 0.256. The molecule has 0 spiro atoms. The molecule has 3 rings (SSSR count). The summed E-state index contributed by atoms with van der Waals surface area (Å²) in [7, 11) is 1.61. The molecule has 0 atom stereocenters. The average Bonchev–Trinajstić information content (AvgIpc) is 3.02. The van der Waals surface area contributed by atoms with Gasteiger partial charge in [0.15, 0.2) is 0 Å². The topological polar surface area (TPSA) is 75.7 Å². The lowest BCUT2D eigenvalue weighted by Crippen LogP contribution is -2.33. The van der Waals surface area contributed by atoms with E-state index in [1.807, 2.05) is 12.1 Å². The van der Waals surface area contributed by atoms with Gasteiger partial charge >= 0.3 is 6.03 Å². The molecule has 156 valence electrons. The van der Waals surface area contributed by atoms with E-state index in [-0.39, 0.29) is 6.03 Å². The molecule has 0 radical (unpaired) electrons. The van der Waals surface area contributed by atoms with Crippen molar-refractivity contribution in [2.24, 2.45) is 0 Å². The number of anilines is 1. The molecular weight excluding hydrogens is 368 g/mol. The van der Waals surface area contributed by atoms with Crippen LogP contribution in [0.4, 0.5) is 10.5 Å². The van der Waals surface area contributed by atoms with Gasteiger partial charge in [0, 0.05) is 12.7 Å². The second-order valence-electron chi connectivity index (χ2n) is 7.12. The van der Waals surface area contributed by atoms with Crippen LogP contribution in [0.15, 0.2) is 42.6 Å². The van der Waals surface area contributed by atoms with Crippen molar-refractivity contribution in [3.63, 3.8) is 0 Å². The van der Waals surface area contributed by atoms with E-state index in [1.54, 1.807) is 37.6 Å². The molecule has 1 aliphatic rings. The molecule has 2 aromatic rings. The van der Waals surface area contributed by atoms with E-state index < -0.39 is 0 Å². The van der Waals surface area contributed by atoms with E-state index >= 15 is 0 Å². The standard InChI is InChI=1S/C22H30N4O3/c1-28-18-9-11-19(12-10-18)29-21-20(8-6-13-23-21)25-22(27)24-14-7-17-26-15-4-2-3-5-16-26/h6,8-13H,2-5,7,14-17H2,1H3,(H2,24,25,27). The van der Waals surface area contributed by atoms with Crippen molar-refractivity contribution in [2.75, 3.05) is 38.6 Å². The first-order valence-electron chi connectivity index (χ1n) is 10.3. The van der Waals surface area contributed by atoms with Gasteiger partial charge in [0.25, 0.3) is 0 Å². The lowest BCUT2D eigenvalue weighted by Gasteiger charge is -2.19. The fraction of sp³-hybridized carbons (Fsp3) is 0.455. The maximum atomic E-state index is 12.3. The number of aromatic nitrogens is 1. The van der Waals surface area contributed by atoms with Crippen LogP contribution in [0.2, 0.25) is 0 Å². The summed E-state index contributed by atoms with van der Waals surface area (Å²) in [5.41, 5.74) is 0.522. The van der Waals surface area contributed by atoms with Crippen molar-refractivity contribution in [3.05, 3.63) is 42.6 Å². The van der Waals surface area contributed by atoms with Crippen LogP contribution in [0.25, 0.3) is 0 Å². The Kier molecular flexibility index (Phi) is 8.12. The highest BCUT2D eigenvalue weighted by Crippen LogP contribution is 2.27. The fourth-order valence-corrected chi connectivity index (χ4v) is 3.35. The predicted molar refractivity (Wildman–Crippen MR) is 114 cm³/mol. The minimum Gasteiger partial charge on any atom is -0.497 e. The first kappa shape index (κ1) is 20.9. The van der Waals surface area contributed by atoms with Crippen molar-refractivity contribution in [1.29, 1.82) is 0 Å². The third-order valence-electron chi connectivity index (χ3n) is 4.93. The summed E-state index contributed by atoms with van der Waals surface area (Å²) in [5.74, 6) is 1.71. The summed E-state index contributed by atoms with van der Waals surface area (Å²) in [5, 5.41) is 5.74. The highest BCUT2D eigenvalue weighted by Gasteiger charge is 2.11. The zero-order valence-electron chi connectivity index (χ0n) is 17.0. The highest BCUT2D eigenvalue weighted by atomic mass is 16.5. The van der Waals surface area contributed by atoms with E-state index in [2.05, 4.69) is 20.5 Å². The Morgan fingerprint density at radius 2 is 1.79 bits per heavy atom. The molecule has 1 fully saturated rings. The van der Waals surface area contributed by atoms with E-state index in [0.29, 0.717) is 23.9 Å². The molecule has 1 aromatic carbocycles. The minimum atomic E-state index is -0.256. The molecule has 7 heteroatoms. The number of hydrogen-bond donors (Lipinski definition) is 2. The van der Waals surface area contributed by atoms with Crippen LogP contribution in [0.5, 0.6) is 17.4 Å². The van der Waals surface area contributed by atoms with E-state index in [0.717, 1.165) is 18.7 Å². The van der Waals surface area contributed by atoms with Gasteiger partial charge in [-0.05, 0) is 75.3 Å². The summed E-state index contributed by atoms with van der Waals surface area (Å²) in [6.07, 6.45) is 7.81. The smallest absolute Gasteiger partial charge is 0.319 e. The SMILES string of the molecule is COc1ccc(Oc2ncccc2NC(=O)NCCCN2CCCCCC2)cc1. The van der Waals surface area contributed by atoms with Gasteiger partial charge in [0.05, 0.1) is 7.11 Å². The molecule has 0 saturated carbocycles. The second kappa shape index (κ2) is 11.3. The Morgan fingerprint density at radius 1 is 1.07 bits per heavy atom. The lowest BCUT2D eigenvalue weighted by molar-refractivity contribution is 0.249. The van der Waals surface area contributed by atoms with Crippen LogP contribution in [0, 0.1) is 0 Å². The number of amides is 2. The summed E-state index contributed by atoms with van der Waals surface area (Å²) in [4.78, 5) is 19.0. The summed E-state index contributed by atoms with van der Waals surface area (Å²) >= 11 is 0. The number of methoxy groups -OCH3 is 1. The van der Waals surface area contributed by atoms with E-state index in [1.165, 1.54) is 38.8 Å². The van der Waals surface area contributed by atoms with Crippen LogP contribution in [0.3, 0.4) is 0 Å². The van der Waals surface area contributed by atoms with Crippen molar-refractivity contribution in [3.8, 4) is 17.4 Å². The molecule has 0 unspecified atom stereocenters. The molecule has 29 heavy (non-hydrogen) atoms. The number of hydrogen-bond acceptors (Lipinski definition) is 5. The average molecular weight is 399 g/mol. The molecule has 1 saturated heterocycles. The maximum Gasteiger partial charge on any atom is 0.319 e. The van der Waals surface area contributed by atoms with Gasteiger partial charge in [-0.1, -0.05) is 12.8 Å². The number of rotatable bonds is 8. The first-order chi connectivity index (χ1) is 14.2. The van der Waals surface area contributed by atoms with Crippen molar-refractivity contribution >= 4 is 11.7 Å². The fourth-order valence-electron chi connectivity index (χ4n) is 3.35. The molecule has 1 aromatic heterocycles. The zero-order chi connectivity index (χ0) is 20.3. The zero-order valence-corrected chi connectivity index (χ0v) is 17.0. The van der Waals surface area contributed by atoms with Crippen LogP contribution in [-0.2, 0) is 0 Å². The Balaban J connectivity index is 1.46. The number of benzene rings is 1. The normalized spacial score (nSPS) is 14.7. The molecule has 0 aliphatic carbocycles. The van der Waals surface area contributed by atoms with Gasteiger partial charge in [-0.2, -0.15) is 0 Å². The number of urea groups is 1. The molecule has 2 N–H and O–H groups in total. The summed E-state index contributed by atoms with van der Waals surface area (Å²) in [6.45, 7) is 4.01. The quantitative estimate of drug-likeness (QED) is 0.650. The molecule has 0 bridgehead atoms. The number of carbonyl (C=O) groups excluding carboxylic acids is 1. The largest absolute Gasteiger partial charge is 0.497 e. The predicted octanol–water partition coefficient (Wildman–Crippen LogP) is 4.27. The van der Waals surface area contributed by atoms with E-state index in [9.17, 15) is 4.79 Å². The van der Waals surface area contributed by atoms with Crippen LogP contribution in [0.1, 0.15) is 32.1 Å². The van der Waals surface area contributed by atoms with Gasteiger partial charge in [-0.15, -0.1) is 0 Å². The van der Waals surface area contributed by atoms with Gasteiger partial charge in [0.1, 0.15) is 17.2 Å². The number of nitrogens with one attached hydrogen (secondary N) is 2. The van der Waals surface area contributed by atoms with Crippen molar-refractivity contribution in [2.45, 2.75) is 32.1 Å². The molecule has 7 nitrogen and oxygen atoms in total. The van der Waals surface area contributed by atoms with Gasteiger partial charge in [-0.3, -0.25) is 0 Å². The van der Waals surface area contributed by atoms with Gasteiger partial charge in [-0.25, -0.2) is 9.78 Å². The number of pyridine rings is 1. The Hall–Kier alpha value is -2.80. The van der Waals surface area contributed by atoms with E-state index in [4.69, 9.17) is 9.47 Å². The van der Waals surface area contributed by atoms with Crippen LogP contribution >= 0.6 is 0 Å². The summed E-state index contributed by atoms with van der Waals surface area (Å²) in [6, 6.07) is 10.5. The molecule has 2 heterocycles. The van der Waals surface area contributed by atoms with Gasteiger partial charge in [0.2, 0.25) is 5.88 Å². The van der Waals surface area contributed by atoms with Crippen LogP contribution < -0.4 is 20.1 Å². The third kappa shape index (κ3) is 6.94. The lowest BCUT2D eigenvalue weighted by atomic mass is 10.2. The first-order valence-corrected chi connectivity index (χ1v) is 10.3. The third-order valence-corrected chi connectivity index (χ3v) is 4.93. The summed E-state index contributed by atoms with van der Waals surface area (Å²) < 4.78 is 11.0. The maximum absolute atomic E-state index is 12.3. The van der Waals surface area contributed by atoms with Gasteiger partial charge < -0.3 is 25.0 Å². The number of nitrogens with zero attached hydrogens (tertiary/aromatic N) is 2. The Bertz CT molecular complexity index is 759. The Labute approximate surface area is 172 Å². The highest BCUT2D eigenvalue weighted by molar-refractivity contribution is 5.90. The monoisotopic (exact) mass is 398 g/mol. The second-order valence-corrected chi connectivity index (χ2v) is 7.12. The van der Waals surface area contributed by atoms with Crippen molar-refractivity contribution in [1.82, 2.24) is 15.2 Å². The molecule has 1 aliphatic heterocycles. The van der Waals surface area contributed by atoms with Crippen molar-refractivity contribution < 1.29 is 14.3 Å². The molecule has 2 amide bonds. The number of likely N-dealkylation sites (tertiary alicyclic amines) is 1. The Morgan fingerprint density at radius 3 is 2.52 bits per heavy atom. The number of carbonyl (C=O) groups is 1. The number of ether oxygens (including phenoxy) is 2. The van der Waals surface area contributed by atoms with Crippen LogP contribution in [-0.4, -0.2) is 49.2 Å². The molecular formula is C22H30N4O3.